The first kappa shape index (κ1) is 17.4. The summed E-state index contributed by atoms with van der Waals surface area (Å²) in [6, 6.07) is 5.31. The van der Waals surface area contributed by atoms with Crippen molar-refractivity contribution < 1.29 is 23.8 Å². The van der Waals surface area contributed by atoms with E-state index in [9.17, 15) is 19.1 Å². The van der Waals surface area contributed by atoms with Crippen molar-refractivity contribution in [3.8, 4) is 0 Å². The molecule has 1 amide bonds. The number of halogens is 1. The van der Waals surface area contributed by atoms with E-state index in [-0.39, 0.29) is 12.5 Å². The van der Waals surface area contributed by atoms with Crippen molar-refractivity contribution in [1.29, 1.82) is 0 Å². The molecule has 6 heteroatoms. The molecule has 5 nitrogen and oxygen atoms in total. The summed E-state index contributed by atoms with van der Waals surface area (Å²) in [5, 5.41) is 12.0. The minimum Gasteiger partial charge on any atom is -0.481 e. The van der Waals surface area contributed by atoms with Crippen LogP contribution in [0.15, 0.2) is 24.3 Å². The van der Waals surface area contributed by atoms with Gasteiger partial charge in [-0.25, -0.2) is 4.39 Å². The van der Waals surface area contributed by atoms with E-state index in [0.717, 1.165) is 32.5 Å². The van der Waals surface area contributed by atoms with Crippen LogP contribution in [0.3, 0.4) is 0 Å². The lowest BCUT2D eigenvalue weighted by Crippen LogP contribution is -2.32. The SMILES string of the molecule is O=C(CCC1CCOCC1)NCC(C(=O)O)c1ccc(F)cc1. The molecule has 2 rings (SSSR count). The van der Waals surface area contributed by atoms with E-state index in [1.807, 2.05) is 0 Å². The Morgan fingerprint density at radius 2 is 1.91 bits per heavy atom. The standard InChI is InChI=1S/C17H22FNO4/c18-14-4-2-13(3-5-14)15(17(21)22)11-19-16(20)6-1-12-7-9-23-10-8-12/h2-5,12,15H,1,6-11H2,(H,19,20)(H,21,22). The first-order valence-electron chi connectivity index (χ1n) is 7.89. The van der Waals surface area contributed by atoms with Gasteiger partial charge in [-0.3, -0.25) is 9.59 Å². The van der Waals surface area contributed by atoms with Gasteiger partial charge in [0.2, 0.25) is 5.91 Å². The van der Waals surface area contributed by atoms with Gasteiger partial charge in [0.1, 0.15) is 5.82 Å². The normalized spacial score (nSPS) is 16.7. The van der Waals surface area contributed by atoms with Crippen molar-refractivity contribution in [3.63, 3.8) is 0 Å². The average Bonchev–Trinajstić information content (AvgIpc) is 2.55. The van der Waals surface area contributed by atoms with Crippen molar-refractivity contribution in [3.05, 3.63) is 35.6 Å². The lowest BCUT2D eigenvalue weighted by molar-refractivity contribution is -0.138. The fourth-order valence-electron chi connectivity index (χ4n) is 2.72. The van der Waals surface area contributed by atoms with Gasteiger partial charge in [-0.15, -0.1) is 0 Å². The maximum absolute atomic E-state index is 12.9. The topological polar surface area (TPSA) is 75.6 Å². The average molecular weight is 323 g/mol. The van der Waals surface area contributed by atoms with Gasteiger partial charge in [-0.1, -0.05) is 12.1 Å². The molecule has 0 aromatic heterocycles. The van der Waals surface area contributed by atoms with Crippen molar-refractivity contribution in [1.82, 2.24) is 5.32 Å². The smallest absolute Gasteiger partial charge is 0.312 e. The highest BCUT2D eigenvalue weighted by Crippen LogP contribution is 2.20. The molecule has 1 fully saturated rings. The molecule has 0 spiro atoms. The Hall–Kier alpha value is -1.95. The summed E-state index contributed by atoms with van der Waals surface area (Å²) in [5.74, 6) is -1.98. The molecular formula is C17H22FNO4. The van der Waals surface area contributed by atoms with Gasteiger partial charge < -0.3 is 15.2 Å². The molecule has 1 aliphatic rings. The molecule has 1 aromatic carbocycles. The second kappa shape index (κ2) is 8.62. The first-order valence-corrected chi connectivity index (χ1v) is 7.89. The minimum atomic E-state index is -1.04. The lowest BCUT2D eigenvalue weighted by atomic mass is 9.94. The van der Waals surface area contributed by atoms with Crippen molar-refractivity contribution >= 4 is 11.9 Å². The number of carboxylic acid groups (broad SMARTS) is 1. The highest BCUT2D eigenvalue weighted by Gasteiger charge is 2.21. The van der Waals surface area contributed by atoms with Crippen LogP contribution in [0.2, 0.25) is 0 Å². The van der Waals surface area contributed by atoms with Crippen molar-refractivity contribution in [2.75, 3.05) is 19.8 Å². The van der Waals surface area contributed by atoms with Gasteiger partial charge in [0.15, 0.2) is 0 Å². The van der Waals surface area contributed by atoms with E-state index < -0.39 is 17.7 Å². The van der Waals surface area contributed by atoms with Crippen LogP contribution in [0.4, 0.5) is 4.39 Å². The van der Waals surface area contributed by atoms with Crippen LogP contribution in [-0.2, 0) is 14.3 Å². The summed E-state index contributed by atoms with van der Waals surface area (Å²) in [7, 11) is 0. The Bertz CT molecular complexity index is 526. The van der Waals surface area contributed by atoms with Crippen LogP contribution in [-0.4, -0.2) is 36.7 Å². The van der Waals surface area contributed by atoms with E-state index in [0.29, 0.717) is 17.9 Å². The molecule has 0 saturated carbocycles. The predicted molar refractivity (Wildman–Crippen MR) is 82.6 cm³/mol. The van der Waals surface area contributed by atoms with E-state index in [2.05, 4.69) is 5.32 Å². The molecule has 1 heterocycles. The summed E-state index contributed by atoms with van der Waals surface area (Å²) in [6.45, 7) is 1.50. The minimum absolute atomic E-state index is 0.00752. The Morgan fingerprint density at radius 3 is 2.52 bits per heavy atom. The van der Waals surface area contributed by atoms with Gasteiger partial charge in [-0.05, 0) is 42.9 Å². The summed E-state index contributed by atoms with van der Waals surface area (Å²) >= 11 is 0. The van der Waals surface area contributed by atoms with Gasteiger partial charge >= 0.3 is 5.97 Å². The van der Waals surface area contributed by atoms with E-state index in [4.69, 9.17) is 4.74 Å². The third-order valence-electron chi connectivity index (χ3n) is 4.19. The highest BCUT2D eigenvalue weighted by atomic mass is 19.1. The first-order chi connectivity index (χ1) is 11.1. The summed E-state index contributed by atoms with van der Waals surface area (Å²) < 4.78 is 18.2. The fourth-order valence-corrected chi connectivity index (χ4v) is 2.72. The summed E-state index contributed by atoms with van der Waals surface area (Å²) in [6.07, 6.45) is 3.13. The molecule has 1 atom stereocenters. The zero-order valence-corrected chi connectivity index (χ0v) is 13.0. The Kier molecular flexibility index (Phi) is 6.52. The molecule has 1 saturated heterocycles. The van der Waals surface area contributed by atoms with Crippen LogP contribution >= 0.6 is 0 Å². The number of ether oxygens (including phenoxy) is 1. The molecule has 126 valence electrons. The van der Waals surface area contributed by atoms with E-state index >= 15 is 0 Å². The monoisotopic (exact) mass is 323 g/mol. The zero-order valence-electron chi connectivity index (χ0n) is 13.0. The third kappa shape index (κ3) is 5.63. The van der Waals surface area contributed by atoms with Crippen LogP contribution in [0.25, 0.3) is 0 Å². The van der Waals surface area contributed by atoms with Crippen molar-refractivity contribution in [2.24, 2.45) is 5.92 Å². The molecular weight excluding hydrogens is 301 g/mol. The number of carbonyl (C=O) groups excluding carboxylic acids is 1. The Morgan fingerprint density at radius 1 is 1.26 bits per heavy atom. The molecule has 23 heavy (non-hydrogen) atoms. The number of aliphatic carboxylic acids is 1. The number of benzene rings is 1. The second-order valence-corrected chi connectivity index (χ2v) is 5.84. The largest absolute Gasteiger partial charge is 0.481 e. The van der Waals surface area contributed by atoms with Gasteiger partial charge in [0.05, 0.1) is 5.92 Å². The van der Waals surface area contributed by atoms with Gasteiger partial charge in [0.25, 0.3) is 0 Å². The maximum atomic E-state index is 12.9. The Balaban J connectivity index is 1.80. The maximum Gasteiger partial charge on any atom is 0.312 e. The predicted octanol–water partition coefficient (Wildman–Crippen LogP) is 2.32. The van der Waals surface area contributed by atoms with E-state index in [1.54, 1.807) is 0 Å². The lowest BCUT2D eigenvalue weighted by Gasteiger charge is -2.21. The molecule has 1 aliphatic heterocycles. The number of carbonyl (C=O) groups is 2. The number of rotatable bonds is 7. The second-order valence-electron chi connectivity index (χ2n) is 5.84. The van der Waals surface area contributed by atoms with Crippen LogP contribution in [0.1, 0.15) is 37.2 Å². The number of amides is 1. The third-order valence-corrected chi connectivity index (χ3v) is 4.19. The van der Waals surface area contributed by atoms with Crippen LogP contribution in [0.5, 0.6) is 0 Å². The highest BCUT2D eigenvalue weighted by molar-refractivity contribution is 5.79. The van der Waals surface area contributed by atoms with Gasteiger partial charge in [0, 0.05) is 26.2 Å². The number of nitrogens with one attached hydrogen (secondary N) is 1. The molecule has 0 radical (unpaired) electrons. The van der Waals surface area contributed by atoms with Crippen LogP contribution < -0.4 is 5.32 Å². The summed E-state index contributed by atoms with van der Waals surface area (Å²) in [4.78, 5) is 23.2. The zero-order chi connectivity index (χ0) is 16.7. The number of hydrogen-bond donors (Lipinski definition) is 2. The number of carboxylic acids is 1. The number of hydrogen-bond acceptors (Lipinski definition) is 3. The van der Waals surface area contributed by atoms with Crippen molar-refractivity contribution in [2.45, 2.75) is 31.6 Å². The summed E-state index contributed by atoms with van der Waals surface area (Å²) in [5.41, 5.74) is 0.476. The molecule has 0 bridgehead atoms. The van der Waals surface area contributed by atoms with Gasteiger partial charge in [-0.2, -0.15) is 0 Å². The molecule has 2 N–H and O–H groups in total. The van der Waals surface area contributed by atoms with E-state index in [1.165, 1.54) is 24.3 Å². The molecule has 0 aliphatic carbocycles. The Labute approximate surface area is 134 Å². The molecule has 1 aromatic rings. The fraction of sp³-hybridized carbons (Fsp3) is 0.529. The quantitative estimate of drug-likeness (QED) is 0.807. The van der Waals surface area contributed by atoms with Crippen LogP contribution in [0, 0.1) is 11.7 Å². The molecule has 1 unspecified atom stereocenters.